The van der Waals surface area contributed by atoms with E-state index in [1.165, 1.54) is 36.9 Å². The van der Waals surface area contributed by atoms with Crippen molar-refractivity contribution in [2.75, 3.05) is 26.7 Å². The molecular weight excluding hydrogens is 232 g/mol. The molecule has 2 heteroatoms. The maximum absolute atomic E-state index is 3.56. The van der Waals surface area contributed by atoms with Crippen molar-refractivity contribution in [2.45, 2.75) is 39.2 Å². The summed E-state index contributed by atoms with van der Waals surface area (Å²) in [7, 11) is 2.29. The van der Waals surface area contributed by atoms with Crippen molar-refractivity contribution < 1.29 is 0 Å². The normalized spacial score (nSPS) is 25.2. The molecule has 0 aromatic heterocycles. The maximum Gasteiger partial charge on any atom is 0.0387 e. The third-order valence-electron chi connectivity index (χ3n) is 4.42. The zero-order chi connectivity index (χ0) is 13.7. The van der Waals surface area contributed by atoms with Gasteiger partial charge in [0.1, 0.15) is 0 Å². The molecule has 1 aromatic rings. The second-order valence-electron chi connectivity index (χ2n) is 5.85. The summed E-state index contributed by atoms with van der Waals surface area (Å²) >= 11 is 0. The van der Waals surface area contributed by atoms with Gasteiger partial charge in [-0.25, -0.2) is 0 Å². The van der Waals surface area contributed by atoms with Gasteiger partial charge in [-0.05, 0) is 63.5 Å². The lowest BCUT2D eigenvalue weighted by atomic mass is 9.87. The standard InChI is InChI=1S/C17H28N2/c1-4-18-13-15-10-7-8-12-19(3)17(15)16-11-6-5-9-14(16)2/h5-6,9,11,15,17-18H,4,7-8,10,12-13H2,1-3H3. The Kier molecular flexibility index (Phi) is 5.41. The quantitative estimate of drug-likeness (QED) is 0.893. The Balaban J connectivity index is 2.26. The van der Waals surface area contributed by atoms with Gasteiger partial charge in [0.25, 0.3) is 0 Å². The fraction of sp³-hybridized carbons (Fsp3) is 0.647. The maximum atomic E-state index is 3.56. The molecule has 1 aliphatic rings. The highest BCUT2D eigenvalue weighted by atomic mass is 15.1. The van der Waals surface area contributed by atoms with E-state index in [1.54, 1.807) is 0 Å². The van der Waals surface area contributed by atoms with Gasteiger partial charge in [-0.3, -0.25) is 4.90 Å². The lowest BCUT2D eigenvalue weighted by Crippen LogP contribution is -2.35. The van der Waals surface area contributed by atoms with Crippen LogP contribution in [0, 0.1) is 12.8 Å². The average molecular weight is 260 g/mol. The summed E-state index contributed by atoms with van der Waals surface area (Å²) in [5.41, 5.74) is 2.96. The second-order valence-corrected chi connectivity index (χ2v) is 5.85. The van der Waals surface area contributed by atoms with E-state index in [-0.39, 0.29) is 0 Å². The van der Waals surface area contributed by atoms with Gasteiger partial charge < -0.3 is 5.32 Å². The van der Waals surface area contributed by atoms with Crippen molar-refractivity contribution in [3.8, 4) is 0 Å². The molecule has 1 aliphatic heterocycles. The second kappa shape index (κ2) is 7.06. The summed E-state index contributed by atoms with van der Waals surface area (Å²) in [5.74, 6) is 0.730. The summed E-state index contributed by atoms with van der Waals surface area (Å²) in [6.07, 6.45) is 4.04. The van der Waals surface area contributed by atoms with E-state index in [9.17, 15) is 0 Å². The molecule has 2 rings (SSSR count). The molecule has 0 spiro atoms. The van der Waals surface area contributed by atoms with Crippen LogP contribution >= 0.6 is 0 Å². The van der Waals surface area contributed by atoms with Crippen molar-refractivity contribution in [1.82, 2.24) is 10.2 Å². The van der Waals surface area contributed by atoms with Crippen LogP contribution in [0.5, 0.6) is 0 Å². The highest BCUT2D eigenvalue weighted by molar-refractivity contribution is 5.29. The van der Waals surface area contributed by atoms with Crippen molar-refractivity contribution in [1.29, 1.82) is 0 Å². The first-order valence-corrected chi connectivity index (χ1v) is 7.70. The number of hydrogen-bond donors (Lipinski definition) is 1. The molecule has 2 unspecified atom stereocenters. The van der Waals surface area contributed by atoms with Gasteiger partial charge in [-0.1, -0.05) is 37.6 Å². The Labute approximate surface area is 118 Å². The monoisotopic (exact) mass is 260 g/mol. The first-order valence-electron chi connectivity index (χ1n) is 7.70. The van der Waals surface area contributed by atoms with E-state index < -0.39 is 0 Å². The zero-order valence-electron chi connectivity index (χ0n) is 12.7. The zero-order valence-corrected chi connectivity index (χ0v) is 12.7. The number of benzene rings is 1. The fourth-order valence-electron chi connectivity index (χ4n) is 3.38. The molecule has 1 aromatic carbocycles. The van der Waals surface area contributed by atoms with Crippen molar-refractivity contribution in [3.05, 3.63) is 35.4 Å². The highest BCUT2D eigenvalue weighted by Crippen LogP contribution is 2.35. The summed E-state index contributed by atoms with van der Waals surface area (Å²) in [5, 5.41) is 3.56. The van der Waals surface area contributed by atoms with Gasteiger partial charge in [-0.2, -0.15) is 0 Å². The lowest BCUT2D eigenvalue weighted by molar-refractivity contribution is 0.189. The molecule has 106 valence electrons. The van der Waals surface area contributed by atoms with E-state index in [2.05, 4.69) is 55.4 Å². The molecule has 1 saturated heterocycles. The van der Waals surface area contributed by atoms with Crippen LogP contribution in [0.2, 0.25) is 0 Å². The molecule has 1 heterocycles. The van der Waals surface area contributed by atoms with Crippen LogP contribution in [0.1, 0.15) is 43.4 Å². The average Bonchev–Trinajstić information content (AvgIpc) is 2.59. The molecule has 1 N–H and O–H groups in total. The first-order chi connectivity index (χ1) is 9.24. The Hall–Kier alpha value is -0.860. The molecule has 19 heavy (non-hydrogen) atoms. The van der Waals surface area contributed by atoms with E-state index in [1.807, 2.05) is 0 Å². The molecule has 2 atom stereocenters. The van der Waals surface area contributed by atoms with Crippen LogP contribution in [0.4, 0.5) is 0 Å². The molecule has 0 amide bonds. The van der Waals surface area contributed by atoms with E-state index in [4.69, 9.17) is 0 Å². The van der Waals surface area contributed by atoms with Gasteiger partial charge in [-0.15, -0.1) is 0 Å². The molecule has 1 fully saturated rings. The SMILES string of the molecule is CCNCC1CCCCN(C)C1c1ccccc1C. The summed E-state index contributed by atoms with van der Waals surface area (Å²) in [6.45, 7) is 7.88. The molecule has 0 radical (unpaired) electrons. The van der Waals surface area contributed by atoms with Crippen LogP contribution in [-0.4, -0.2) is 31.6 Å². The molecule has 2 nitrogen and oxygen atoms in total. The van der Waals surface area contributed by atoms with Crippen LogP contribution < -0.4 is 5.32 Å². The Morgan fingerprint density at radius 1 is 1.26 bits per heavy atom. The predicted molar refractivity (Wildman–Crippen MR) is 82.4 cm³/mol. The number of hydrogen-bond acceptors (Lipinski definition) is 2. The van der Waals surface area contributed by atoms with Crippen LogP contribution in [0.15, 0.2) is 24.3 Å². The molecule has 0 aliphatic carbocycles. The Morgan fingerprint density at radius 3 is 2.79 bits per heavy atom. The topological polar surface area (TPSA) is 15.3 Å². The van der Waals surface area contributed by atoms with Crippen LogP contribution in [0.3, 0.4) is 0 Å². The summed E-state index contributed by atoms with van der Waals surface area (Å²) in [4.78, 5) is 2.57. The number of rotatable bonds is 4. The number of nitrogens with zero attached hydrogens (tertiary/aromatic N) is 1. The fourth-order valence-corrected chi connectivity index (χ4v) is 3.38. The van der Waals surface area contributed by atoms with Crippen LogP contribution in [-0.2, 0) is 0 Å². The minimum Gasteiger partial charge on any atom is -0.317 e. The predicted octanol–water partition coefficient (Wildman–Crippen LogP) is 3.38. The van der Waals surface area contributed by atoms with Gasteiger partial charge in [0, 0.05) is 6.04 Å². The minimum atomic E-state index is 0.572. The summed E-state index contributed by atoms with van der Waals surface area (Å²) < 4.78 is 0. The van der Waals surface area contributed by atoms with Crippen molar-refractivity contribution >= 4 is 0 Å². The Bertz CT molecular complexity index is 389. The minimum absolute atomic E-state index is 0.572. The lowest BCUT2D eigenvalue weighted by Gasteiger charge is -2.34. The number of likely N-dealkylation sites (tertiary alicyclic amines) is 1. The third kappa shape index (κ3) is 3.58. The third-order valence-corrected chi connectivity index (χ3v) is 4.42. The highest BCUT2D eigenvalue weighted by Gasteiger charge is 2.29. The van der Waals surface area contributed by atoms with E-state index in [0.717, 1.165) is 19.0 Å². The van der Waals surface area contributed by atoms with Gasteiger partial charge in [0.2, 0.25) is 0 Å². The number of aryl methyl sites for hydroxylation is 1. The van der Waals surface area contributed by atoms with Crippen LogP contribution in [0.25, 0.3) is 0 Å². The largest absolute Gasteiger partial charge is 0.317 e. The Morgan fingerprint density at radius 2 is 2.05 bits per heavy atom. The smallest absolute Gasteiger partial charge is 0.0387 e. The summed E-state index contributed by atoms with van der Waals surface area (Å²) in [6, 6.07) is 9.47. The molecule has 0 bridgehead atoms. The van der Waals surface area contributed by atoms with Gasteiger partial charge in [0.15, 0.2) is 0 Å². The van der Waals surface area contributed by atoms with E-state index >= 15 is 0 Å². The van der Waals surface area contributed by atoms with E-state index in [0.29, 0.717) is 6.04 Å². The van der Waals surface area contributed by atoms with Gasteiger partial charge >= 0.3 is 0 Å². The molecular formula is C17H28N2. The van der Waals surface area contributed by atoms with Gasteiger partial charge in [0.05, 0.1) is 0 Å². The molecule has 0 saturated carbocycles. The van der Waals surface area contributed by atoms with Crippen molar-refractivity contribution in [3.63, 3.8) is 0 Å². The number of nitrogens with one attached hydrogen (secondary N) is 1. The first kappa shape index (κ1) is 14.5. The van der Waals surface area contributed by atoms with Crippen molar-refractivity contribution in [2.24, 2.45) is 5.92 Å².